The number of nitrogens with zero attached hydrogens (tertiary/aromatic N) is 2. The molecule has 0 aliphatic heterocycles. The van der Waals surface area contributed by atoms with Crippen LogP contribution in [0.5, 0.6) is 0 Å². The van der Waals surface area contributed by atoms with Crippen LogP contribution in [0.25, 0.3) is 0 Å². The lowest BCUT2D eigenvalue weighted by atomic mass is 10.4. The van der Waals surface area contributed by atoms with Crippen LogP contribution in [0.2, 0.25) is 0 Å². The fraction of sp³-hybridized carbons (Fsp3) is 0.375. The molecular formula is C8H13ClN4O. The summed E-state index contributed by atoms with van der Waals surface area (Å²) in [4.78, 5) is 19.1. The van der Waals surface area contributed by atoms with Crippen LogP contribution in [0.15, 0.2) is 12.4 Å². The standard InChI is InChI=1S/C8H12N4O.ClH/c1-6-4-12-7(5-11-6)8(13)10-3-2-9;/h4-5H,2-3,9H2,1H3,(H,10,13);1H. The molecule has 3 N–H and O–H groups in total. The van der Waals surface area contributed by atoms with Crippen LogP contribution in [0.4, 0.5) is 0 Å². The number of amides is 1. The molecule has 1 amide bonds. The summed E-state index contributed by atoms with van der Waals surface area (Å²) in [6.45, 7) is 2.69. The molecule has 0 bridgehead atoms. The van der Waals surface area contributed by atoms with Crippen molar-refractivity contribution in [2.45, 2.75) is 6.92 Å². The molecule has 0 aromatic carbocycles. The van der Waals surface area contributed by atoms with E-state index in [9.17, 15) is 4.79 Å². The van der Waals surface area contributed by atoms with Gasteiger partial charge in [0.1, 0.15) is 5.69 Å². The number of rotatable bonds is 3. The van der Waals surface area contributed by atoms with Gasteiger partial charge >= 0.3 is 0 Å². The van der Waals surface area contributed by atoms with Crippen molar-refractivity contribution in [1.29, 1.82) is 0 Å². The molecule has 0 saturated heterocycles. The highest BCUT2D eigenvalue weighted by Crippen LogP contribution is 1.92. The number of carbonyl (C=O) groups is 1. The predicted octanol–water partition coefficient (Wildman–Crippen LogP) is -0.105. The van der Waals surface area contributed by atoms with E-state index in [2.05, 4.69) is 15.3 Å². The largest absolute Gasteiger partial charge is 0.349 e. The molecule has 0 spiro atoms. The molecule has 78 valence electrons. The number of hydrogen-bond acceptors (Lipinski definition) is 4. The van der Waals surface area contributed by atoms with E-state index in [1.165, 1.54) is 6.20 Å². The zero-order valence-corrected chi connectivity index (χ0v) is 8.67. The monoisotopic (exact) mass is 216 g/mol. The first-order valence-corrected chi connectivity index (χ1v) is 4.01. The minimum atomic E-state index is -0.238. The molecule has 1 heterocycles. The van der Waals surface area contributed by atoms with Crippen LogP contribution >= 0.6 is 12.4 Å². The maximum atomic E-state index is 11.2. The Morgan fingerprint density at radius 3 is 2.71 bits per heavy atom. The quantitative estimate of drug-likeness (QED) is 0.739. The van der Waals surface area contributed by atoms with E-state index in [4.69, 9.17) is 5.73 Å². The Balaban J connectivity index is 0.00000169. The minimum absolute atomic E-state index is 0. The molecule has 1 aromatic rings. The SMILES string of the molecule is Cc1cnc(C(=O)NCCN)cn1.Cl. The first-order chi connectivity index (χ1) is 6.24. The fourth-order valence-electron chi connectivity index (χ4n) is 0.786. The minimum Gasteiger partial charge on any atom is -0.349 e. The highest BCUT2D eigenvalue weighted by Gasteiger charge is 2.04. The van der Waals surface area contributed by atoms with Gasteiger partial charge < -0.3 is 11.1 Å². The Bertz CT molecular complexity index is 288. The second-order valence-corrected chi connectivity index (χ2v) is 2.59. The van der Waals surface area contributed by atoms with Gasteiger partial charge in [-0.2, -0.15) is 0 Å². The van der Waals surface area contributed by atoms with E-state index in [0.717, 1.165) is 5.69 Å². The van der Waals surface area contributed by atoms with Gasteiger partial charge in [0.05, 0.1) is 11.9 Å². The summed E-state index contributed by atoms with van der Waals surface area (Å²) in [7, 11) is 0. The maximum Gasteiger partial charge on any atom is 0.271 e. The molecule has 1 rings (SSSR count). The van der Waals surface area contributed by atoms with Gasteiger partial charge in [-0.15, -0.1) is 12.4 Å². The highest BCUT2D eigenvalue weighted by molar-refractivity contribution is 5.91. The maximum absolute atomic E-state index is 11.2. The Morgan fingerprint density at radius 1 is 1.50 bits per heavy atom. The second kappa shape index (κ2) is 6.28. The van der Waals surface area contributed by atoms with Crippen molar-refractivity contribution < 1.29 is 4.79 Å². The van der Waals surface area contributed by atoms with Crippen LogP contribution in [0.3, 0.4) is 0 Å². The van der Waals surface area contributed by atoms with Crippen LogP contribution in [0, 0.1) is 6.92 Å². The molecular weight excluding hydrogens is 204 g/mol. The van der Waals surface area contributed by atoms with Crippen molar-refractivity contribution in [2.75, 3.05) is 13.1 Å². The molecule has 1 aromatic heterocycles. The van der Waals surface area contributed by atoms with Crippen LogP contribution < -0.4 is 11.1 Å². The number of nitrogens with two attached hydrogens (primary N) is 1. The van der Waals surface area contributed by atoms with Gasteiger partial charge in [-0.3, -0.25) is 9.78 Å². The topological polar surface area (TPSA) is 80.9 Å². The number of aryl methyl sites for hydroxylation is 1. The summed E-state index contributed by atoms with van der Waals surface area (Å²) >= 11 is 0. The Hall–Kier alpha value is -1.20. The Morgan fingerprint density at radius 2 is 2.21 bits per heavy atom. The van der Waals surface area contributed by atoms with E-state index in [-0.39, 0.29) is 18.3 Å². The third-order valence-electron chi connectivity index (χ3n) is 1.44. The van der Waals surface area contributed by atoms with Gasteiger partial charge in [0.15, 0.2) is 0 Å². The van der Waals surface area contributed by atoms with Crippen molar-refractivity contribution in [3.63, 3.8) is 0 Å². The van der Waals surface area contributed by atoms with E-state index in [1.54, 1.807) is 6.20 Å². The smallest absolute Gasteiger partial charge is 0.271 e. The van der Waals surface area contributed by atoms with Crippen molar-refractivity contribution in [3.05, 3.63) is 23.8 Å². The van der Waals surface area contributed by atoms with Gasteiger partial charge in [-0.05, 0) is 6.92 Å². The lowest BCUT2D eigenvalue weighted by Crippen LogP contribution is -2.29. The van der Waals surface area contributed by atoms with Gasteiger partial charge in [0, 0.05) is 19.3 Å². The first kappa shape index (κ1) is 12.8. The zero-order valence-electron chi connectivity index (χ0n) is 7.86. The second-order valence-electron chi connectivity index (χ2n) is 2.59. The van der Waals surface area contributed by atoms with E-state index in [0.29, 0.717) is 18.8 Å². The molecule has 0 atom stereocenters. The number of aromatic nitrogens is 2. The highest BCUT2D eigenvalue weighted by atomic mass is 35.5. The third kappa shape index (κ3) is 3.68. The number of hydrogen-bond donors (Lipinski definition) is 2. The summed E-state index contributed by atoms with van der Waals surface area (Å²) < 4.78 is 0. The summed E-state index contributed by atoms with van der Waals surface area (Å²) in [5.41, 5.74) is 6.33. The number of nitrogens with one attached hydrogen (secondary N) is 1. The van der Waals surface area contributed by atoms with Gasteiger partial charge in [-0.1, -0.05) is 0 Å². The lowest BCUT2D eigenvalue weighted by Gasteiger charge is -2.01. The van der Waals surface area contributed by atoms with E-state index < -0.39 is 0 Å². The zero-order chi connectivity index (χ0) is 9.68. The van der Waals surface area contributed by atoms with Gasteiger partial charge in [-0.25, -0.2) is 4.98 Å². The third-order valence-corrected chi connectivity index (χ3v) is 1.44. The van der Waals surface area contributed by atoms with E-state index >= 15 is 0 Å². The summed E-state index contributed by atoms with van der Waals surface area (Å²) in [5.74, 6) is -0.238. The lowest BCUT2D eigenvalue weighted by molar-refractivity contribution is 0.0949. The van der Waals surface area contributed by atoms with Crippen LogP contribution in [-0.4, -0.2) is 29.0 Å². The average Bonchev–Trinajstić information content (AvgIpc) is 2.15. The molecule has 0 aliphatic rings. The van der Waals surface area contributed by atoms with Gasteiger partial charge in [0.25, 0.3) is 5.91 Å². The normalized spacial score (nSPS) is 9.00. The van der Waals surface area contributed by atoms with Crippen molar-refractivity contribution in [3.8, 4) is 0 Å². The van der Waals surface area contributed by atoms with Crippen molar-refractivity contribution in [2.24, 2.45) is 5.73 Å². The molecule has 0 unspecified atom stereocenters. The average molecular weight is 217 g/mol. The Kier molecular flexibility index (Phi) is 5.74. The molecule has 0 aliphatic carbocycles. The Labute approximate surface area is 88.5 Å². The van der Waals surface area contributed by atoms with E-state index in [1.807, 2.05) is 6.92 Å². The molecule has 0 fully saturated rings. The fourth-order valence-corrected chi connectivity index (χ4v) is 0.786. The van der Waals surface area contributed by atoms with Crippen LogP contribution in [-0.2, 0) is 0 Å². The predicted molar refractivity (Wildman–Crippen MR) is 55.4 cm³/mol. The summed E-state index contributed by atoms with van der Waals surface area (Å²) in [6, 6.07) is 0. The number of halogens is 1. The van der Waals surface area contributed by atoms with Gasteiger partial charge in [0.2, 0.25) is 0 Å². The van der Waals surface area contributed by atoms with Crippen molar-refractivity contribution in [1.82, 2.24) is 15.3 Å². The molecule has 14 heavy (non-hydrogen) atoms. The first-order valence-electron chi connectivity index (χ1n) is 4.01. The summed E-state index contributed by atoms with van der Waals surface area (Å²) in [5, 5.41) is 2.60. The van der Waals surface area contributed by atoms with Crippen molar-refractivity contribution >= 4 is 18.3 Å². The molecule has 6 heteroatoms. The molecule has 5 nitrogen and oxygen atoms in total. The van der Waals surface area contributed by atoms with Crippen LogP contribution in [0.1, 0.15) is 16.2 Å². The molecule has 0 radical (unpaired) electrons. The molecule has 0 saturated carbocycles. The summed E-state index contributed by atoms with van der Waals surface area (Å²) in [6.07, 6.45) is 3.00. The number of carbonyl (C=O) groups excluding carboxylic acids is 1.